The molecule has 0 amide bonds. The lowest BCUT2D eigenvalue weighted by molar-refractivity contribution is 0.481. The van der Waals surface area contributed by atoms with E-state index in [1.54, 1.807) is 17.8 Å². The second kappa shape index (κ2) is 5.21. The molecule has 2 aromatic carbocycles. The molecule has 0 unspecified atom stereocenters. The Morgan fingerprint density at radius 1 is 1.15 bits per heavy atom. The van der Waals surface area contributed by atoms with Gasteiger partial charge in [0.05, 0.1) is 5.69 Å². The number of phenols is 1. The lowest BCUT2D eigenvalue weighted by atomic mass is 10.1. The summed E-state index contributed by atoms with van der Waals surface area (Å²) in [5.74, 6) is 1.20. The lowest BCUT2D eigenvalue weighted by Gasteiger charge is -2.08. The van der Waals surface area contributed by atoms with E-state index < -0.39 is 0 Å². The highest BCUT2D eigenvalue weighted by molar-refractivity contribution is 7.98. The number of nitrogens with zero attached hydrogens (tertiary/aromatic N) is 2. The third-order valence-corrected chi connectivity index (χ3v) is 4.44. The van der Waals surface area contributed by atoms with E-state index in [2.05, 4.69) is 11.2 Å². The molecule has 1 aromatic heterocycles. The van der Waals surface area contributed by atoms with Gasteiger partial charge < -0.3 is 5.11 Å². The Morgan fingerprint density at radius 3 is 2.60 bits per heavy atom. The van der Waals surface area contributed by atoms with Gasteiger partial charge in [-0.05, 0) is 30.5 Å². The molecule has 4 heteroatoms. The first-order valence-electron chi connectivity index (χ1n) is 6.48. The van der Waals surface area contributed by atoms with E-state index in [9.17, 15) is 5.11 Å². The summed E-state index contributed by atoms with van der Waals surface area (Å²) in [7, 11) is 1.97. The Morgan fingerprint density at radius 2 is 1.90 bits per heavy atom. The smallest absolute Gasteiger partial charge is 0.123 e. The largest absolute Gasteiger partial charge is 0.507 e. The maximum absolute atomic E-state index is 9.90. The van der Waals surface area contributed by atoms with E-state index >= 15 is 0 Å². The van der Waals surface area contributed by atoms with Crippen LogP contribution in [0.2, 0.25) is 0 Å². The van der Waals surface area contributed by atoms with E-state index in [4.69, 9.17) is 0 Å². The zero-order valence-electron chi connectivity index (χ0n) is 11.5. The Labute approximate surface area is 122 Å². The van der Waals surface area contributed by atoms with Crippen molar-refractivity contribution in [3.63, 3.8) is 0 Å². The highest BCUT2D eigenvalue weighted by atomic mass is 32.2. The molecule has 20 heavy (non-hydrogen) atoms. The summed E-state index contributed by atoms with van der Waals surface area (Å²) in [5.41, 5.74) is 2.24. The van der Waals surface area contributed by atoms with Gasteiger partial charge in [-0.15, -0.1) is 11.8 Å². The van der Waals surface area contributed by atoms with Gasteiger partial charge in [0.1, 0.15) is 5.75 Å². The Balaban J connectivity index is 1.92. The second-order valence-electron chi connectivity index (χ2n) is 4.82. The van der Waals surface area contributed by atoms with Crippen LogP contribution in [0.25, 0.3) is 10.8 Å². The number of aromatic nitrogens is 2. The van der Waals surface area contributed by atoms with Crippen molar-refractivity contribution in [2.75, 3.05) is 0 Å². The lowest BCUT2D eigenvalue weighted by Crippen LogP contribution is -1.96. The predicted molar refractivity (Wildman–Crippen MR) is 83.1 cm³/mol. The van der Waals surface area contributed by atoms with E-state index in [-0.39, 0.29) is 0 Å². The van der Waals surface area contributed by atoms with Gasteiger partial charge in [-0.3, -0.25) is 4.68 Å². The summed E-state index contributed by atoms with van der Waals surface area (Å²) >= 11 is 1.77. The van der Waals surface area contributed by atoms with Gasteiger partial charge in [-0.1, -0.05) is 24.3 Å². The molecule has 0 atom stereocenters. The van der Waals surface area contributed by atoms with Crippen molar-refractivity contribution in [1.29, 1.82) is 0 Å². The molecule has 0 saturated heterocycles. The van der Waals surface area contributed by atoms with Crippen LogP contribution in [-0.2, 0) is 12.8 Å². The Hall–Kier alpha value is -1.94. The Kier molecular flexibility index (Phi) is 3.40. The number of aryl methyl sites for hydroxylation is 2. The van der Waals surface area contributed by atoms with Crippen LogP contribution in [-0.4, -0.2) is 14.9 Å². The van der Waals surface area contributed by atoms with E-state index in [0.29, 0.717) is 5.75 Å². The number of phenolic OH excluding ortho intramolecular Hbond substituents is 1. The average Bonchev–Trinajstić information content (AvgIpc) is 2.77. The SMILES string of the molecule is Cc1cc(CSc2ccc(O)c3ccccc23)n(C)n1. The molecule has 1 heterocycles. The molecule has 3 rings (SSSR count). The number of fused-ring (bicyclic) bond motifs is 1. The summed E-state index contributed by atoms with van der Waals surface area (Å²) in [6.07, 6.45) is 0. The number of benzene rings is 2. The number of hydrogen-bond acceptors (Lipinski definition) is 3. The molecule has 1 N–H and O–H groups in total. The molecule has 0 aliphatic rings. The van der Waals surface area contributed by atoms with Crippen molar-refractivity contribution in [2.24, 2.45) is 7.05 Å². The third kappa shape index (κ3) is 2.39. The second-order valence-corrected chi connectivity index (χ2v) is 5.83. The molecule has 0 bridgehead atoms. The number of thioether (sulfide) groups is 1. The van der Waals surface area contributed by atoms with Crippen LogP contribution >= 0.6 is 11.8 Å². The monoisotopic (exact) mass is 284 g/mol. The molecular weight excluding hydrogens is 268 g/mol. The van der Waals surface area contributed by atoms with Gasteiger partial charge in [-0.2, -0.15) is 5.10 Å². The summed E-state index contributed by atoms with van der Waals surface area (Å²) in [5, 5.41) is 16.3. The molecule has 0 fully saturated rings. The standard InChI is InChI=1S/C16H16N2OS/c1-11-9-12(18(2)17-11)10-20-16-8-7-15(19)13-5-3-4-6-14(13)16/h3-9,19H,10H2,1-2H3. The minimum absolute atomic E-state index is 0.335. The first-order chi connectivity index (χ1) is 9.65. The van der Waals surface area contributed by atoms with Crippen LogP contribution in [0.4, 0.5) is 0 Å². The van der Waals surface area contributed by atoms with Gasteiger partial charge >= 0.3 is 0 Å². The molecule has 0 spiro atoms. The molecule has 0 aliphatic carbocycles. The number of aromatic hydroxyl groups is 1. The van der Waals surface area contributed by atoms with Crippen molar-refractivity contribution in [1.82, 2.24) is 9.78 Å². The Bertz CT molecular complexity index is 764. The molecular formula is C16H16N2OS. The van der Waals surface area contributed by atoms with Crippen LogP contribution in [0.15, 0.2) is 47.4 Å². The summed E-state index contributed by atoms with van der Waals surface area (Å²) < 4.78 is 1.92. The fourth-order valence-electron chi connectivity index (χ4n) is 2.33. The van der Waals surface area contributed by atoms with E-state index in [0.717, 1.165) is 22.2 Å². The maximum atomic E-state index is 9.90. The van der Waals surface area contributed by atoms with Crippen molar-refractivity contribution in [3.05, 3.63) is 53.9 Å². The molecule has 102 valence electrons. The van der Waals surface area contributed by atoms with E-state index in [1.165, 1.54) is 10.6 Å². The molecule has 0 radical (unpaired) electrons. The maximum Gasteiger partial charge on any atom is 0.123 e. The van der Waals surface area contributed by atoms with Crippen molar-refractivity contribution < 1.29 is 5.11 Å². The zero-order valence-corrected chi connectivity index (χ0v) is 12.3. The van der Waals surface area contributed by atoms with Gasteiger partial charge in [0.2, 0.25) is 0 Å². The average molecular weight is 284 g/mol. The van der Waals surface area contributed by atoms with Crippen molar-refractivity contribution >= 4 is 22.5 Å². The first kappa shape index (κ1) is 13.1. The minimum Gasteiger partial charge on any atom is -0.507 e. The number of hydrogen-bond donors (Lipinski definition) is 1. The van der Waals surface area contributed by atoms with Crippen molar-refractivity contribution in [3.8, 4) is 5.75 Å². The molecule has 0 saturated carbocycles. The van der Waals surface area contributed by atoms with Crippen LogP contribution in [0.5, 0.6) is 5.75 Å². The normalized spacial score (nSPS) is 11.1. The fourth-order valence-corrected chi connectivity index (χ4v) is 3.40. The van der Waals surface area contributed by atoms with E-state index in [1.807, 2.05) is 49.0 Å². The number of rotatable bonds is 3. The van der Waals surface area contributed by atoms with Gasteiger partial charge in [0.25, 0.3) is 0 Å². The zero-order chi connectivity index (χ0) is 14.1. The summed E-state index contributed by atoms with van der Waals surface area (Å²) in [6.45, 7) is 2.00. The third-order valence-electron chi connectivity index (χ3n) is 3.34. The fraction of sp³-hybridized carbons (Fsp3) is 0.188. The van der Waals surface area contributed by atoms with Crippen molar-refractivity contribution in [2.45, 2.75) is 17.6 Å². The van der Waals surface area contributed by atoms with Gasteiger partial charge in [0, 0.05) is 28.8 Å². The quantitative estimate of drug-likeness (QED) is 0.742. The van der Waals surface area contributed by atoms with Gasteiger partial charge in [0.15, 0.2) is 0 Å². The predicted octanol–water partition coefficient (Wildman–Crippen LogP) is 3.88. The van der Waals surface area contributed by atoms with Gasteiger partial charge in [-0.25, -0.2) is 0 Å². The molecule has 3 nitrogen and oxygen atoms in total. The molecule has 0 aliphatic heterocycles. The highest BCUT2D eigenvalue weighted by Gasteiger charge is 2.07. The topological polar surface area (TPSA) is 38.0 Å². The van der Waals surface area contributed by atoms with Crippen LogP contribution < -0.4 is 0 Å². The first-order valence-corrected chi connectivity index (χ1v) is 7.47. The minimum atomic E-state index is 0.335. The summed E-state index contributed by atoms with van der Waals surface area (Å²) in [4.78, 5) is 1.18. The highest BCUT2D eigenvalue weighted by Crippen LogP contribution is 2.34. The summed E-state index contributed by atoms with van der Waals surface area (Å²) in [6, 6.07) is 13.8. The van der Waals surface area contributed by atoms with Crippen LogP contribution in [0, 0.1) is 6.92 Å². The molecule has 3 aromatic rings. The van der Waals surface area contributed by atoms with Crippen LogP contribution in [0.1, 0.15) is 11.4 Å². The van der Waals surface area contributed by atoms with Crippen LogP contribution in [0.3, 0.4) is 0 Å².